The molecule has 1 heterocycles. The van der Waals surface area contributed by atoms with E-state index >= 15 is 0 Å². The number of nitrogens with zero attached hydrogens (tertiary/aromatic N) is 4. The van der Waals surface area contributed by atoms with Crippen molar-refractivity contribution >= 4 is 17.1 Å². The molecule has 3 aromatic rings. The van der Waals surface area contributed by atoms with E-state index in [1.165, 1.54) is 4.68 Å². The summed E-state index contributed by atoms with van der Waals surface area (Å²) >= 11 is 0. The number of para-hydroxylation sites is 1. The van der Waals surface area contributed by atoms with Crippen molar-refractivity contribution in [3.63, 3.8) is 0 Å². The van der Waals surface area contributed by atoms with Crippen molar-refractivity contribution in [1.82, 2.24) is 14.6 Å². The van der Waals surface area contributed by atoms with E-state index in [4.69, 9.17) is 4.98 Å². The second-order valence-corrected chi connectivity index (χ2v) is 5.78. The van der Waals surface area contributed by atoms with Gasteiger partial charge in [0.05, 0.1) is 23.7 Å². The molecule has 0 N–H and O–H groups in total. The predicted molar refractivity (Wildman–Crippen MR) is 102 cm³/mol. The summed E-state index contributed by atoms with van der Waals surface area (Å²) in [6, 6.07) is 17.1. The zero-order valence-electron chi connectivity index (χ0n) is 14.6. The van der Waals surface area contributed by atoms with Crippen LogP contribution in [0.5, 0.6) is 0 Å². The van der Waals surface area contributed by atoms with Crippen molar-refractivity contribution in [3.8, 4) is 0 Å². The summed E-state index contributed by atoms with van der Waals surface area (Å²) in [5, 5.41) is 5.02. The van der Waals surface area contributed by atoms with Gasteiger partial charge < -0.3 is 0 Å². The maximum atomic E-state index is 12.9. The Labute approximate surface area is 147 Å². The monoisotopic (exact) mass is 334 g/mol. The van der Waals surface area contributed by atoms with Crippen LogP contribution in [0.15, 0.2) is 64.5 Å². The number of hydrogen-bond acceptors (Lipinski definition) is 4. The molecule has 0 radical (unpaired) electrons. The smallest absolute Gasteiger partial charge is 0.282 e. The van der Waals surface area contributed by atoms with Crippen LogP contribution < -0.4 is 5.56 Å². The maximum Gasteiger partial charge on any atom is 0.282 e. The highest BCUT2D eigenvalue weighted by Crippen LogP contribution is 2.10. The van der Waals surface area contributed by atoms with Gasteiger partial charge in [-0.3, -0.25) is 9.69 Å². The SMILES string of the molecule is CCN(CC)Cc1nc2ccccc2c(=O)n1N=Cc1ccccc1. The lowest BCUT2D eigenvalue weighted by Crippen LogP contribution is -2.29. The van der Waals surface area contributed by atoms with Gasteiger partial charge in [0.1, 0.15) is 5.82 Å². The molecular weight excluding hydrogens is 312 g/mol. The van der Waals surface area contributed by atoms with E-state index in [2.05, 4.69) is 23.8 Å². The van der Waals surface area contributed by atoms with Crippen molar-refractivity contribution in [2.24, 2.45) is 5.10 Å². The molecule has 128 valence electrons. The predicted octanol–water partition coefficient (Wildman–Crippen LogP) is 3.12. The normalized spacial score (nSPS) is 11.6. The Balaban J connectivity index is 2.11. The first-order chi connectivity index (χ1) is 12.2. The molecule has 5 heteroatoms. The van der Waals surface area contributed by atoms with Gasteiger partial charge >= 0.3 is 0 Å². The van der Waals surface area contributed by atoms with E-state index in [-0.39, 0.29) is 5.56 Å². The van der Waals surface area contributed by atoms with Crippen molar-refractivity contribution in [2.75, 3.05) is 13.1 Å². The summed E-state index contributed by atoms with van der Waals surface area (Å²) in [5.41, 5.74) is 1.51. The molecule has 25 heavy (non-hydrogen) atoms. The van der Waals surface area contributed by atoms with Gasteiger partial charge in [-0.15, -0.1) is 0 Å². The van der Waals surface area contributed by atoms with Crippen LogP contribution in [0, 0.1) is 0 Å². The Morgan fingerprint density at radius 3 is 2.44 bits per heavy atom. The van der Waals surface area contributed by atoms with Crippen LogP contribution in [-0.4, -0.2) is 33.9 Å². The van der Waals surface area contributed by atoms with Crippen molar-refractivity contribution in [1.29, 1.82) is 0 Å². The van der Waals surface area contributed by atoms with Crippen molar-refractivity contribution in [3.05, 3.63) is 76.3 Å². The lowest BCUT2D eigenvalue weighted by atomic mass is 10.2. The Morgan fingerprint density at radius 1 is 1.04 bits per heavy atom. The molecule has 0 atom stereocenters. The first kappa shape index (κ1) is 17.0. The summed E-state index contributed by atoms with van der Waals surface area (Å²) in [6.07, 6.45) is 1.70. The lowest BCUT2D eigenvalue weighted by Gasteiger charge is -2.19. The third-order valence-corrected chi connectivity index (χ3v) is 4.20. The molecule has 0 aliphatic rings. The van der Waals surface area contributed by atoms with E-state index in [0.717, 1.165) is 18.7 Å². The van der Waals surface area contributed by atoms with Gasteiger partial charge in [0.25, 0.3) is 5.56 Å². The van der Waals surface area contributed by atoms with E-state index in [1.54, 1.807) is 12.3 Å². The zero-order valence-corrected chi connectivity index (χ0v) is 14.6. The number of benzene rings is 2. The molecule has 2 aromatic carbocycles. The first-order valence-corrected chi connectivity index (χ1v) is 8.55. The quantitative estimate of drug-likeness (QED) is 0.651. The van der Waals surface area contributed by atoms with Crippen LogP contribution in [0.25, 0.3) is 10.9 Å². The average Bonchev–Trinajstić information content (AvgIpc) is 2.66. The molecule has 5 nitrogen and oxygen atoms in total. The largest absolute Gasteiger partial charge is 0.296 e. The van der Waals surface area contributed by atoms with E-state index < -0.39 is 0 Å². The van der Waals surface area contributed by atoms with Gasteiger partial charge in [-0.1, -0.05) is 56.3 Å². The fraction of sp³-hybridized carbons (Fsp3) is 0.250. The Morgan fingerprint density at radius 2 is 1.72 bits per heavy atom. The Kier molecular flexibility index (Phi) is 5.36. The number of aromatic nitrogens is 2. The molecule has 0 fully saturated rings. The summed E-state index contributed by atoms with van der Waals surface area (Å²) in [5.74, 6) is 0.652. The van der Waals surface area contributed by atoms with Gasteiger partial charge in [0.15, 0.2) is 0 Å². The number of rotatable bonds is 6. The average molecular weight is 334 g/mol. The summed E-state index contributed by atoms with van der Waals surface area (Å²) < 4.78 is 1.42. The van der Waals surface area contributed by atoms with Crippen LogP contribution in [0.1, 0.15) is 25.2 Å². The standard InChI is InChI=1S/C20H22N4O/c1-3-23(4-2)15-19-22-18-13-9-8-12-17(18)20(25)24(19)21-14-16-10-6-5-7-11-16/h5-14H,3-4,15H2,1-2H3. The van der Waals surface area contributed by atoms with Gasteiger partial charge in [-0.05, 0) is 30.8 Å². The molecule has 0 bridgehead atoms. The van der Waals surface area contributed by atoms with E-state index in [9.17, 15) is 4.79 Å². The highest BCUT2D eigenvalue weighted by molar-refractivity contribution is 5.80. The van der Waals surface area contributed by atoms with Gasteiger partial charge in [-0.25, -0.2) is 4.98 Å². The number of hydrogen-bond donors (Lipinski definition) is 0. The molecule has 0 aliphatic heterocycles. The van der Waals surface area contributed by atoms with Crippen LogP contribution in [0.3, 0.4) is 0 Å². The van der Waals surface area contributed by atoms with Crippen LogP contribution >= 0.6 is 0 Å². The van der Waals surface area contributed by atoms with Crippen LogP contribution in [-0.2, 0) is 6.54 Å². The molecule has 0 aliphatic carbocycles. The molecule has 0 unspecified atom stereocenters. The third-order valence-electron chi connectivity index (χ3n) is 4.20. The highest BCUT2D eigenvalue weighted by atomic mass is 16.1. The molecular formula is C20H22N4O. The van der Waals surface area contributed by atoms with E-state index in [0.29, 0.717) is 23.3 Å². The minimum absolute atomic E-state index is 0.139. The molecule has 0 spiro atoms. The maximum absolute atomic E-state index is 12.9. The molecule has 1 aromatic heterocycles. The third kappa shape index (κ3) is 3.83. The number of fused-ring (bicyclic) bond motifs is 1. The van der Waals surface area contributed by atoms with Gasteiger partial charge in [0, 0.05) is 0 Å². The fourth-order valence-electron chi connectivity index (χ4n) is 2.70. The van der Waals surface area contributed by atoms with Gasteiger partial charge in [0.2, 0.25) is 0 Å². The highest BCUT2D eigenvalue weighted by Gasteiger charge is 2.12. The second kappa shape index (κ2) is 7.85. The van der Waals surface area contributed by atoms with E-state index in [1.807, 2.05) is 48.5 Å². The topological polar surface area (TPSA) is 50.5 Å². The second-order valence-electron chi connectivity index (χ2n) is 5.78. The summed E-state index contributed by atoms with van der Waals surface area (Å²) in [7, 11) is 0. The summed E-state index contributed by atoms with van der Waals surface area (Å²) in [6.45, 7) is 6.56. The molecule has 3 rings (SSSR count). The first-order valence-electron chi connectivity index (χ1n) is 8.55. The Hall–Kier alpha value is -2.79. The van der Waals surface area contributed by atoms with Gasteiger partial charge in [-0.2, -0.15) is 9.78 Å². The van der Waals surface area contributed by atoms with Crippen molar-refractivity contribution in [2.45, 2.75) is 20.4 Å². The van der Waals surface area contributed by atoms with Crippen molar-refractivity contribution < 1.29 is 0 Å². The summed E-state index contributed by atoms with van der Waals surface area (Å²) in [4.78, 5) is 19.8. The molecule has 0 saturated heterocycles. The van der Waals surface area contributed by atoms with Crippen LogP contribution in [0.4, 0.5) is 0 Å². The molecule has 0 amide bonds. The van der Waals surface area contributed by atoms with Crippen LogP contribution in [0.2, 0.25) is 0 Å². The molecule has 0 saturated carbocycles. The lowest BCUT2D eigenvalue weighted by molar-refractivity contribution is 0.283. The fourth-order valence-corrected chi connectivity index (χ4v) is 2.70. The minimum atomic E-state index is -0.139. The minimum Gasteiger partial charge on any atom is -0.296 e. The zero-order chi connectivity index (χ0) is 17.6. The Bertz CT molecular complexity index is 927.